The van der Waals surface area contributed by atoms with Crippen molar-refractivity contribution in [1.82, 2.24) is 15.3 Å². The standard InChI is InChI=1S/C18H27N5OS.ClH/c1-11(8-19)9-20-17(24)14-4-6-23(7-5-14)16-15-12(2)13(3)25-18(15)22-10-21-16;/h10-11,14H,4-9,19H2,1-3H3,(H,20,24);1H. The van der Waals surface area contributed by atoms with Crippen LogP contribution in [0.4, 0.5) is 5.82 Å². The molecule has 1 fully saturated rings. The number of piperidine rings is 1. The van der Waals surface area contributed by atoms with Gasteiger partial charge in [-0.05, 0) is 44.7 Å². The number of halogens is 1. The Bertz CT molecular complexity index is 757. The number of nitrogens with one attached hydrogen (secondary N) is 1. The fourth-order valence-electron chi connectivity index (χ4n) is 3.26. The molecule has 1 amide bonds. The number of nitrogens with zero attached hydrogens (tertiary/aromatic N) is 3. The zero-order valence-electron chi connectivity index (χ0n) is 15.6. The predicted octanol–water partition coefficient (Wildman–Crippen LogP) is 2.66. The van der Waals surface area contributed by atoms with Gasteiger partial charge in [-0.1, -0.05) is 6.92 Å². The second kappa shape index (κ2) is 8.97. The highest BCUT2D eigenvalue weighted by molar-refractivity contribution is 7.18. The number of carbonyl (C=O) groups excluding carboxylic acids is 1. The quantitative estimate of drug-likeness (QED) is 0.810. The second-order valence-corrected chi connectivity index (χ2v) is 8.21. The molecule has 3 N–H and O–H groups in total. The third kappa shape index (κ3) is 4.27. The van der Waals surface area contributed by atoms with Crippen LogP contribution in [0.15, 0.2) is 6.33 Å². The summed E-state index contributed by atoms with van der Waals surface area (Å²) >= 11 is 1.72. The molecule has 0 radical (unpaired) electrons. The van der Waals surface area contributed by atoms with Crippen LogP contribution in [0.5, 0.6) is 0 Å². The van der Waals surface area contributed by atoms with E-state index in [4.69, 9.17) is 5.73 Å². The smallest absolute Gasteiger partial charge is 0.223 e. The molecule has 3 heterocycles. The lowest BCUT2D eigenvalue weighted by molar-refractivity contribution is -0.125. The van der Waals surface area contributed by atoms with E-state index in [0.717, 1.165) is 36.6 Å². The van der Waals surface area contributed by atoms with E-state index in [-0.39, 0.29) is 24.2 Å². The minimum Gasteiger partial charge on any atom is -0.356 e. The number of nitrogens with two attached hydrogens (primary N) is 1. The van der Waals surface area contributed by atoms with Gasteiger partial charge in [-0.3, -0.25) is 4.79 Å². The fourth-order valence-corrected chi connectivity index (χ4v) is 4.25. The summed E-state index contributed by atoms with van der Waals surface area (Å²) in [7, 11) is 0. The van der Waals surface area contributed by atoms with Crippen molar-refractivity contribution in [2.45, 2.75) is 33.6 Å². The molecular formula is C18H28ClN5OS. The molecule has 0 aromatic carbocycles. The summed E-state index contributed by atoms with van der Waals surface area (Å²) in [5.41, 5.74) is 6.88. The number of thiophene rings is 1. The summed E-state index contributed by atoms with van der Waals surface area (Å²) < 4.78 is 0. The summed E-state index contributed by atoms with van der Waals surface area (Å²) in [6.45, 7) is 9.28. The molecule has 0 aliphatic carbocycles. The highest BCUT2D eigenvalue weighted by Gasteiger charge is 2.27. The first-order valence-corrected chi connectivity index (χ1v) is 9.76. The van der Waals surface area contributed by atoms with Gasteiger partial charge >= 0.3 is 0 Å². The summed E-state index contributed by atoms with van der Waals surface area (Å²) in [4.78, 5) is 26.0. The molecule has 144 valence electrons. The number of fused-ring (bicyclic) bond motifs is 1. The third-order valence-corrected chi connectivity index (χ3v) is 6.25. The molecule has 0 saturated carbocycles. The van der Waals surface area contributed by atoms with Crippen LogP contribution >= 0.6 is 23.7 Å². The van der Waals surface area contributed by atoms with Crippen LogP contribution in [0.1, 0.15) is 30.2 Å². The molecule has 2 aromatic rings. The Morgan fingerprint density at radius 1 is 1.38 bits per heavy atom. The van der Waals surface area contributed by atoms with Gasteiger partial charge in [0.2, 0.25) is 5.91 Å². The van der Waals surface area contributed by atoms with Crippen molar-refractivity contribution in [2.75, 3.05) is 31.1 Å². The number of carbonyl (C=O) groups is 1. The number of aryl methyl sites for hydroxylation is 2. The maximum Gasteiger partial charge on any atom is 0.223 e. The molecule has 1 aliphatic heterocycles. The molecule has 1 atom stereocenters. The van der Waals surface area contributed by atoms with Crippen LogP contribution in [-0.4, -0.2) is 42.1 Å². The Morgan fingerprint density at radius 3 is 2.73 bits per heavy atom. The first-order valence-electron chi connectivity index (χ1n) is 8.94. The van der Waals surface area contributed by atoms with E-state index in [9.17, 15) is 4.79 Å². The molecule has 6 nitrogen and oxygen atoms in total. The van der Waals surface area contributed by atoms with Crippen molar-refractivity contribution in [3.05, 3.63) is 16.8 Å². The van der Waals surface area contributed by atoms with E-state index >= 15 is 0 Å². The first-order chi connectivity index (χ1) is 12.0. The molecule has 1 unspecified atom stereocenters. The van der Waals surface area contributed by atoms with E-state index < -0.39 is 0 Å². The maximum atomic E-state index is 12.3. The van der Waals surface area contributed by atoms with Crippen molar-refractivity contribution in [1.29, 1.82) is 0 Å². The molecule has 0 spiro atoms. The van der Waals surface area contributed by atoms with Crippen molar-refractivity contribution in [3.63, 3.8) is 0 Å². The molecule has 26 heavy (non-hydrogen) atoms. The maximum absolute atomic E-state index is 12.3. The lowest BCUT2D eigenvalue weighted by Crippen LogP contribution is -2.42. The van der Waals surface area contributed by atoms with Gasteiger partial charge in [0.1, 0.15) is 17.0 Å². The Kier molecular flexibility index (Phi) is 7.20. The van der Waals surface area contributed by atoms with E-state index in [0.29, 0.717) is 19.0 Å². The SMILES string of the molecule is Cc1sc2ncnc(N3CCC(C(=O)NCC(C)CN)CC3)c2c1C.Cl. The molecule has 2 aromatic heterocycles. The Labute approximate surface area is 165 Å². The first kappa shape index (κ1) is 20.9. The number of rotatable bonds is 5. The minimum absolute atomic E-state index is 0. The van der Waals surface area contributed by atoms with Gasteiger partial charge in [0.15, 0.2) is 0 Å². The number of hydrogen-bond donors (Lipinski definition) is 2. The highest BCUT2D eigenvalue weighted by atomic mass is 35.5. The second-order valence-electron chi connectivity index (χ2n) is 7.01. The number of aromatic nitrogens is 2. The summed E-state index contributed by atoms with van der Waals surface area (Å²) in [6, 6.07) is 0. The van der Waals surface area contributed by atoms with E-state index in [2.05, 4.69) is 41.0 Å². The van der Waals surface area contributed by atoms with Crippen LogP contribution in [0.25, 0.3) is 10.2 Å². The van der Waals surface area contributed by atoms with Gasteiger partial charge in [0.25, 0.3) is 0 Å². The van der Waals surface area contributed by atoms with Gasteiger partial charge in [0, 0.05) is 30.4 Å². The summed E-state index contributed by atoms with van der Waals surface area (Å²) in [6.07, 6.45) is 3.37. The number of anilines is 1. The average molecular weight is 398 g/mol. The van der Waals surface area contributed by atoms with Crippen LogP contribution in [0.2, 0.25) is 0 Å². The van der Waals surface area contributed by atoms with E-state index in [1.54, 1.807) is 17.7 Å². The molecule has 1 saturated heterocycles. The van der Waals surface area contributed by atoms with E-state index in [1.807, 2.05) is 0 Å². The zero-order valence-corrected chi connectivity index (χ0v) is 17.3. The fraction of sp³-hybridized carbons (Fsp3) is 0.611. The Balaban J connectivity index is 0.00000243. The van der Waals surface area contributed by atoms with Crippen molar-refractivity contribution >= 4 is 45.7 Å². The van der Waals surface area contributed by atoms with Gasteiger partial charge < -0.3 is 16.0 Å². The zero-order chi connectivity index (χ0) is 18.0. The van der Waals surface area contributed by atoms with E-state index in [1.165, 1.54) is 15.8 Å². The van der Waals surface area contributed by atoms with Gasteiger partial charge in [0.05, 0.1) is 5.39 Å². The van der Waals surface area contributed by atoms with Gasteiger partial charge in [-0.2, -0.15) is 0 Å². The van der Waals surface area contributed by atoms with Gasteiger partial charge in [-0.25, -0.2) is 9.97 Å². The van der Waals surface area contributed by atoms with Gasteiger partial charge in [-0.15, -0.1) is 23.7 Å². The molecule has 1 aliphatic rings. The predicted molar refractivity (Wildman–Crippen MR) is 110 cm³/mol. The molecule has 8 heteroatoms. The van der Waals surface area contributed by atoms with Crippen LogP contribution in [-0.2, 0) is 4.79 Å². The summed E-state index contributed by atoms with van der Waals surface area (Å²) in [5, 5.41) is 4.21. The van der Waals surface area contributed by atoms with Crippen LogP contribution < -0.4 is 16.0 Å². The topological polar surface area (TPSA) is 84.1 Å². The normalized spacial score (nSPS) is 16.4. The summed E-state index contributed by atoms with van der Waals surface area (Å²) in [5.74, 6) is 1.59. The lowest BCUT2D eigenvalue weighted by Gasteiger charge is -2.32. The van der Waals surface area contributed by atoms with Crippen LogP contribution in [0, 0.1) is 25.7 Å². The number of amides is 1. The van der Waals surface area contributed by atoms with Crippen molar-refractivity contribution in [2.24, 2.45) is 17.6 Å². The Morgan fingerprint density at radius 2 is 2.08 bits per heavy atom. The lowest BCUT2D eigenvalue weighted by atomic mass is 9.95. The molecular weight excluding hydrogens is 370 g/mol. The third-order valence-electron chi connectivity index (χ3n) is 5.14. The average Bonchev–Trinajstić information content (AvgIpc) is 2.93. The minimum atomic E-state index is 0. The van der Waals surface area contributed by atoms with Crippen LogP contribution in [0.3, 0.4) is 0 Å². The van der Waals surface area contributed by atoms with Crippen molar-refractivity contribution < 1.29 is 4.79 Å². The highest BCUT2D eigenvalue weighted by Crippen LogP contribution is 2.35. The monoisotopic (exact) mass is 397 g/mol. The molecule has 3 rings (SSSR count). The number of hydrogen-bond acceptors (Lipinski definition) is 6. The largest absolute Gasteiger partial charge is 0.356 e. The van der Waals surface area contributed by atoms with Crippen molar-refractivity contribution in [3.8, 4) is 0 Å². The Hall–Kier alpha value is -1.44. The molecule has 0 bridgehead atoms.